The van der Waals surface area contributed by atoms with E-state index in [9.17, 15) is 14.4 Å². The Bertz CT molecular complexity index is 382. The fraction of sp³-hybridized carbons (Fsp3) is 0.786. The fourth-order valence-electron chi connectivity index (χ4n) is 2.67. The van der Waals surface area contributed by atoms with Gasteiger partial charge in [-0.15, -0.1) is 0 Å². The maximum Gasteiger partial charge on any atom is 0.242 e. The normalized spacial score (nSPS) is 24.5. The minimum absolute atomic E-state index is 0.0229. The van der Waals surface area contributed by atoms with Gasteiger partial charge in [0.1, 0.15) is 5.78 Å². The summed E-state index contributed by atoms with van der Waals surface area (Å²) in [4.78, 5) is 38.5. The van der Waals surface area contributed by atoms with Crippen molar-refractivity contribution in [3.05, 3.63) is 0 Å². The SMILES string of the molecule is CC(C)C1CC(=O)N(CC(=O)N2CCC(=O)CC2)C1. The van der Waals surface area contributed by atoms with Gasteiger partial charge in [-0.3, -0.25) is 14.4 Å². The van der Waals surface area contributed by atoms with E-state index < -0.39 is 0 Å². The van der Waals surface area contributed by atoms with Crippen molar-refractivity contribution in [2.24, 2.45) is 11.8 Å². The molecule has 0 radical (unpaired) electrons. The molecule has 0 aromatic carbocycles. The third-order valence-corrected chi connectivity index (χ3v) is 4.19. The van der Waals surface area contributed by atoms with E-state index in [1.807, 2.05) is 0 Å². The van der Waals surface area contributed by atoms with E-state index in [0.29, 0.717) is 50.7 Å². The number of rotatable bonds is 3. The molecule has 1 unspecified atom stereocenters. The van der Waals surface area contributed by atoms with E-state index in [-0.39, 0.29) is 24.1 Å². The standard InChI is InChI=1S/C14H22N2O3/c1-10(2)11-7-13(18)16(8-11)9-14(19)15-5-3-12(17)4-6-15/h10-11H,3-9H2,1-2H3. The number of nitrogens with zero attached hydrogens (tertiary/aromatic N) is 2. The van der Waals surface area contributed by atoms with Gasteiger partial charge >= 0.3 is 0 Å². The second-order valence-electron chi connectivity index (χ2n) is 5.90. The van der Waals surface area contributed by atoms with Crippen molar-refractivity contribution in [3.8, 4) is 0 Å². The van der Waals surface area contributed by atoms with Gasteiger partial charge in [-0.05, 0) is 11.8 Å². The van der Waals surface area contributed by atoms with Crippen LogP contribution >= 0.6 is 0 Å². The number of amides is 2. The number of ketones is 1. The summed E-state index contributed by atoms with van der Waals surface area (Å²) in [5.41, 5.74) is 0. The predicted molar refractivity (Wildman–Crippen MR) is 70.3 cm³/mol. The molecule has 106 valence electrons. The van der Waals surface area contributed by atoms with Gasteiger partial charge in [0.2, 0.25) is 11.8 Å². The second kappa shape index (κ2) is 5.72. The van der Waals surface area contributed by atoms with Crippen LogP contribution in [0.5, 0.6) is 0 Å². The highest BCUT2D eigenvalue weighted by molar-refractivity contribution is 5.88. The minimum Gasteiger partial charge on any atom is -0.340 e. The van der Waals surface area contributed by atoms with Crippen molar-refractivity contribution in [2.75, 3.05) is 26.2 Å². The van der Waals surface area contributed by atoms with Crippen molar-refractivity contribution >= 4 is 17.6 Å². The molecular weight excluding hydrogens is 244 g/mol. The summed E-state index contributed by atoms with van der Waals surface area (Å²) in [6, 6.07) is 0. The van der Waals surface area contributed by atoms with Crippen molar-refractivity contribution in [2.45, 2.75) is 33.1 Å². The molecule has 0 aliphatic carbocycles. The Labute approximate surface area is 113 Å². The molecule has 0 N–H and O–H groups in total. The van der Waals surface area contributed by atoms with Gasteiger partial charge in [0.25, 0.3) is 0 Å². The lowest BCUT2D eigenvalue weighted by atomic mass is 9.95. The van der Waals surface area contributed by atoms with Crippen LogP contribution in [0.2, 0.25) is 0 Å². The molecule has 1 atom stereocenters. The van der Waals surface area contributed by atoms with Gasteiger partial charge in [0, 0.05) is 38.9 Å². The summed E-state index contributed by atoms with van der Waals surface area (Å²) in [5, 5.41) is 0. The van der Waals surface area contributed by atoms with Crippen molar-refractivity contribution < 1.29 is 14.4 Å². The Hall–Kier alpha value is -1.39. The first-order valence-electron chi connectivity index (χ1n) is 7.04. The van der Waals surface area contributed by atoms with Crippen molar-refractivity contribution in [1.82, 2.24) is 9.80 Å². The Morgan fingerprint density at radius 1 is 1.26 bits per heavy atom. The Morgan fingerprint density at radius 2 is 1.89 bits per heavy atom. The summed E-state index contributed by atoms with van der Waals surface area (Å²) >= 11 is 0. The lowest BCUT2D eigenvalue weighted by Gasteiger charge is -2.28. The number of likely N-dealkylation sites (tertiary alicyclic amines) is 2. The summed E-state index contributed by atoms with van der Waals surface area (Å²) in [5.74, 6) is 1.12. The van der Waals surface area contributed by atoms with E-state index >= 15 is 0 Å². The van der Waals surface area contributed by atoms with Gasteiger partial charge in [-0.1, -0.05) is 13.8 Å². The number of carbonyl (C=O) groups excluding carboxylic acids is 3. The number of carbonyl (C=O) groups is 3. The molecule has 5 heteroatoms. The first kappa shape index (κ1) is 14.0. The van der Waals surface area contributed by atoms with E-state index in [1.165, 1.54) is 0 Å². The second-order valence-corrected chi connectivity index (χ2v) is 5.90. The molecule has 0 saturated carbocycles. The molecule has 0 spiro atoms. The number of Topliss-reactive ketones (excluding diaryl/α,β-unsaturated/α-hetero) is 1. The molecule has 2 saturated heterocycles. The van der Waals surface area contributed by atoms with Gasteiger partial charge in [-0.2, -0.15) is 0 Å². The summed E-state index contributed by atoms with van der Waals surface area (Å²) < 4.78 is 0. The average molecular weight is 266 g/mol. The highest BCUT2D eigenvalue weighted by atomic mass is 16.2. The summed E-state index contributed by atoms with van der Waals surface area (Å²) in [6.45, 7) is 6.10. The van der Waals surface area contributed by atoms with Crippen LogP contribution in [0.15, 0.2) is 0 Å². The van der Waals surface area contributed by atoms with Crippen molar-refractivity contribution in [3.63, 3.8) is 0 Å². The molecule has 2 aliphatic rings. The van der Waals surface area contributed by atoms with Crippen LogP contribution in [0, 0.1) is 11.8 Å². The molecule has 5 nitrogen and oxygen atoms in total. The van der Waals surface area contributed by atoms with Crippen molar-refractivity contribution in [1.29, 1.82) is 0 Å². The smallest absolute Gasteiger partial charge is 0.242 e. The van der Waals surface area contributed by atoms with Gasteiger partial charge < -0.3 is 9.80 Å². The van der Waals surface area contributed by atoms with E-state index in [1.54, 1.807) is 9.80 Å². The topological polar surface area (TPSA) is 57.7 Å². The molecule has 0 bridgehead atoms. The maximum absolute atomic E-state index is 12.1. The quantitative estimate of drug-likeness (QED) is 0.755. The lowest BCUT2D eigenvalue weighted by molar-refractivity contribution is -0.140. The van der Waals surface area contributed by atoms with Crippen LogP contribution < -0.4 is 0 Å². The van der Waals surface area contributed by atoms with Crippen LogP contribution in [-0.2, 0) is 14.4 Å². The largest absolute Gasteiger partial charge is 0.340 e. The van der Waals surface area contributed by atoms with Crippen LogP contribution in [0.3, 0.4) is 0 Å². The maximum atomic E-state index is 12.1. The Morgan fingerprint density at radius 3 is 2.42 bits per heavy atom. The first-order valence-corrected chi connectivity index (χ1v) is 7.04. The molecule has 2 aliphatic heterocycles. The third kappa shape index (κ3) is 3.33. The molecule has 0 aromatic heterocycles. The zero-order chi connectivity index (χ0) is 14.0. The van der Waals surface area contributed by atoms with E-state index in [4.69, 9.17) is 0 Å². The van der Waals surface area contributed by atoms with Crippen LogP contribution in [0.4, 0.5) is 0 Å². The first-order chi connectivity index (χ1) is 8.97. The lowest BCUT2D eigenvalue weighted by Crippen LogP contribution is -2.44. The van der Waals surface area contributed by atoms with E-state index in [2.05, 4.69) is 13.8 Å². The monoisotopic (exact) mass is 266 g/mol. The Kier molecular flexibility index (Phi) is 4.22. The predicted octanol–water partition coefficient (Wildman–Crippen LogP) is 0.682. The van der Waals surface area contributed by atoms with Crippen LogP contribution in [0.25, 0.3) is 0 Å². The van der Waals surface area contributed by atoms with Crippen LogP contribution in [0.1, 0.15) is 33.1 Å². The Balaban J connectivity index is 1.85. The molecule has 2 amide bonds. The number of piperidine rings is 1. The molecule has 2 rings (SSSR count). The molecule has 2 fully saturated rings. The zero-order valence-corrected chi connectivity index (χ0v) is 11.7. The number of hydrogen-bond donors (Lipinski definition) is 0. The minimum atomic E-state index is -0.0229. The highest BCUT2D eigenvalue weighted by Crippen LogP contribution is 2.24. The molecule has 0 aromatic rings. The fourth-order valence-corrected chi connectivity index (χ4v) is 2.67. The average Bonchev–Trinajstić information content (AvgIpc) is 2.72. The third-order valence-electron chi connectivity index (χ3n) is 4.19. The molecule has 2 heterocycles. The van der Waals surface area contributed by atoms with E-state index in [0.717, 1.165) is 0 Å². The highest BCUT2D eigenvalue weighted by Gasteiger charge is 2.33. The van der Waals surface area contributed by atoms with Gasteiger partial charge in [-0.25, -0.2) is 0 Å². The molecule has 19 heavy (non-hydrogen) atoms. The van der Waals surface area contributed by atoms with Crippen LogP contribution in [-0.4, -0.2) is 53.6 Å². The van der Waals surface area contributed by atoms with Gasteiger partial charge in [0.15, 0.2) is 0 Å². The van der Waals surface area contributed by atoms with Gasteiger partial charge in [0.05, 0.1) is 6.54 Å². The molecular formula is C14H22N2O3. The zero-order valence-electron chi connectivity index (χ0n) is 11.7. The summed E-state index contributed by atoms with van der Waals surface area (Å²) in [7, 11) is 0. The number of hydrogen-bond acceptors (Lipinski definition) is 3. The summed E-state index contributed by atoms with van der Waals surface area (Å²) in [6.07, 6.45) is 1.46.